The molecule has 1 aromatic carbocycles. The van der Waals surface area contributed by atoms with Crippen LogP contribution in [0.1, 0.15) is 5.56 Å². The third kappa shape index (κ3) is 4.94. The van der Waals surface area contributed by atoms with Gasteiger partial charge in [0.1, 0.15) is 9.96 Å². The van der Waals surface area contributed by atoms with Crippen LogP contribution >= 0.6 is 22.9 Å². The van der Waals surface area contributed by atoms with Gasteiger partial charge in [0.15, 0.2) is 0 Å². The topological polar surface area (TPSA) is 66.9 Å². The second kappa shape index (κ2) is 8.18. The van der Waals surface area contributed by atoms with Crippen molar-refractivity contribution in [1.29, 1.82) is 0 Å². The molecule has 0 bridgehead atoms. The summed E-state index contributed by atoms with van der Waals surface area (Å²) in [6.45, 7) is 0.131. The number of rotatable bonds is 7. The van der Waals surface area contributed by atoms with Crippen molar-refractivity contribution in [3.05, 3.63) is 46.3 Å². The van der Waals surface area contributed by atoms with Crippen molar-refractivity contribution in [1.82, 2.24) is 9.21 Å². The van der Waals surface area contributed by atoms with Gasteiger partial charge in [0, 0.05) is 20.6 Å². The van der Waals surface area contributed by atoms with Gasteiger partial charge in [-0.25, -0.2) is 8.42 Å². The molecule has 0 aliphatic carbocycles. The van der Waals surface area contributed by atoms with Crippen molar-refractivity contribution in [2.45, 2.75) is 10.8 Å². The molecule has 0 fully saturated rings. The number of methoxy groups -OCH3 is 1. The highest BCUT2D eigenvalue weighted by Gasteiger charge is 2.25. The van der Waals surface area contributed by atoms with Gasteiger partial charge >= 0.3 is 0 Å². The predicted octanol–water partition coefficient (Wildman–Crippen LogP) is 2.69. The van der Waals surface area contributed by atoms with Gasteiger partial charge in [-0.3, -0.25) is 4.79 Å². The molecule has 2 rings (SSSR count). The highest BCUT2D eigenvalue weighted by atomic mass is 35.5. The minimum atomic E-state index is -3.73. The first-order valence-electron chi connectivity index (χ1n) is 7.32. The Morgan fingerprint density at radius 3 is 2.32 bits per heavy atom. The highest BCUT2D eigenvalue weighted by molar-refractivity contribution is 7.91. The molecule has 0 aliphatic rings. The zero-order valence-corrected chi connectivity index (χ0v) is 16.5. The Morgan fingerprint density at radius 1 is 1.16 bits per heavy atom. The van der Waals surface area contributed by atoms with Crippen LogP contribution in [0, 0.1) is 0 Å². The normalized spacial score (nSPS) is 11.6. The van der Waals surface area contributed by atoms with Gasteiger partial charge in [-0.15, -0.1) is 11.3 Å². The number of hydrogen-bond acceptors (Lipinski definition) is 5. The van der Waals surface area contributed by atoms with Gasteiger partial charge in [0.25, 0.3) is 10.0 Å². The molecule has 2 aromatic rings. The number of thiophene rings is 1. The van der Waals surface area contributed by atoms with E-state index in [9.17, 15) is 13.2 Å². The number of amides is 1. The first kappa shape index (κ1) is 19.7. The van der Waals surface area contributed by atoms with Gasteiger partial charge < -0.3 is 9.64 Å². The lowest BCUT2D eigenvalue weighted by Crippen LogP contribution is -2.38. The fraction of sp³-hybridized carbons (Fsp3) is 0.312. The van der Waals surface area contributed by atoms with E-state index in [2.05, 4.69) is 0 Å². The van der Waals surface area contributed by atoms with Crippen LogP contribution in [-0.4, -0.2) is 51.3 Å². The number of halogens is 1. The zero-order valence-electron chi connectivity index (χ0n) is 14.1. The molecule has 136 valence electrons. The third-order valence-corrected chi connectivity index (χ3v) is 7.08. The van der Waals surface area contributed by atoms with E-state index in [4.69, 9.17) is 16.3 Å². The second-order valence-corrected chi connectivity index (χ2v) is 9.40. The number of carbonyl (C=O) groups excluding carboxylic acids is 1. The van der Waals surface area contributed by atoms with Gasteiger partial charge in [0.05, 0.1) is 18.0 Å². The Labute approximate surface area is 156 Å². The van der Waals surface area contributed by atoms with Crippen molar-refractivity contribution < 1.29 is 17.9 Å². The average molecular weight is 403 g/mol. The summed E-state index contributed by atoms with van der Waals surface area (Å²) in [5.41, 5.74) is 0.923. The van der Waals surface area contributed by atoms with Crippen LogP contribution in [0.3, 0.4) is 0 Å². The van der Waals surface area contributed by atoms with Crippen molar-refractivity contribution >= 4 is 38.9 Å². The van der Waals surface area contributed by atoms with Crippen LogP contribution in [0.5, 0.6) is 5.75 Å². The first-order chi connectivity index (χ1) is 11.7. The molecule has 0 unspecified atom stereocenters. The number of ether oxygens (including phenoxy) is 1. The lowest BCUT2D eigenvalue weighted by molar-refractivity contribution is -0.130. The van der Waals surface area contributed by atoms with Gasteiger partial charge in [-0.1, -0.05) is 23.7 Å². The van der Waals surface area contributed by atoms with E-state index in [1.165, 1.54) is 24.1 Å². The fourth-order valence-electron chi connectivity index (χ4n) is 2.08. The summed E-state index contributed by atoms with van der Waals surface area (Å²) >= 11 is 6.75. The molecule has 1 heterocycles. The molecule has 0 spiro atoms. The predicted molar refractivity (Wildman–Crippen MR) is 98.6 cm³/mol. The van der Waals surface area contributed by atoms with Crippen LogP contribution in [0.25, 0.3) is 0 Å². The van der Waals surface area contributed by atoms with Gasteiger partial charge in [0.2, 0.25) is 5.91 Å². The molecule has 0 N–H and O–H groups in total. The number of nitrogens with zero attached hydrogens (tertiary/aromatic N) is 2. The lowest BCUT2D eigenvalue weighted by atomic mass is 10.2. The van der Waals surface area contributed by atoms with Crippen molar-refractivity contribution in [3.8, 4) is 5.75 Å². The molecule has 0 atom stereocenters. The quantitative estimate of drug-likeness (QED) is 0.714. The van der Waals surface area contributed by atoms with E-state index >= 15 is 0 Å². The molecule has 9 heteroatoms. The molecule has 1 aromatic heterocycles. The average Bonchev–Trinajstić information content (AvgIpc) is 3.02. The van der Waals surface area contributed by atoms with Crippen molar-refractivity contribution in [3.63, 3.8) is 0 Å². The Kier molecular flexibility index (Phi) is 6.45. The summed E-state index contributed by atoms with van der Waals surface area (Å²) in [5.74, 6) is 0.433. The van der Waals surface area contributed by atoms with Crippen molar-refractivity contribution in [2.75, 3.05) is 27.7 Å². The smallest absolute Gasteiger partial charge is 0.252 e. The summed E-state index contributed by atoms with van der Waals surface area (Å²) in [4.78, 5) is 13.8. The molecule has 0 saturated carbocycles. The number of carbonyl (C=O) groups is 1. The van der Waals surface area contributed by atoms with E-state index in [1.807, 2.05) is 24.3 Å². The third-order valence-electron chi connectivity index (χ3n) is 3.58. The molecule has 25 heavy (non-hydrogen) atoms. The summed E-state index contributed by atoms with van der Waals surface area (Å²) in [7, 11) is 0.871. The van der Waals surface area contributed by atoms with Crippen molar-refractivity contribution in [2.24, 2.45) is 0 Å². The molecule has 0 saturated heterocycles. The SMILES string of the molecule is COc1ccc(CN(C)C(=O)CN(C)S(=O)(=O)c2ccc(Cl)s2)cc1. The van der Waals surface area contributed by atoms with Crippen LogP contribution < -0.4 is 4.74 Å². The van der Waals surface area contributed by atoms with Gasteiger partial charge in [-0.2, -0.15) is 4.31 Å². The van der Waals surface area contributed by atoms with Crippen LogP contribution in [0.4, 0.5) is 0 Å². The summed E-state index contributed by atoms with van der Waals surface area (Å²) in [6, 6.07) is 10.3. The van der Waals surface area contributed by atoms with Gasteiger partial charge in [-0.05, 0) is 29.8 Å². The minimum Gasteiger partial charge on any atom is -0.497 e. The number of sulfonamides is 1. The highest BCUT2D eigenvalue weighted by Crippen LogP contribution is 2.27. The Hall–Kier alpha value is -1.61. The molecular weight excluding hydrogens is 384 g/mol. The standard InChI is InChI=1S/C16H19ClN2O4S2/c1-18(10-12-4-6-13(23-3)7-5-12)15(20)11-19(2)25(21,22)16-9-8-14(17)24-16/h4-9H,10-11H2,1-3H3. The summed E-state index contributed by atoms with van der Waals surface area (Å²) in [5, 5.41) is 0. The maximum Gasteiger partial charge on any atom is 0.252 e. The maximum atomic E-state index is 12.4. The fourth-order valence-corrected chi connectivity index (χ4v) is 4.89. The second-order valence-electron chi connectivity index (χ2n) is 5.42. The molecular formula is C16H19ClN2O4S2. The number of benzene rings is 1. The van der Waals surface area contributed by atoms with E-state index in [-0.39, 0.29) is 16.7 Å². The monoisotopic (exact) mass is 402 g/mol. The molecule has 1 amide bonds. The molecule has 6 nitrogen and oxygen atoms in total. The van der Waals surface area contributed by atoms with Crippen LogP contribution in [-0.2, 0) is 21.4 Å². The van der Waals surface area contributed by atoms with Crippen LogP contribution in [0.15, 0.2) is 40.6 Å². The van der Waals surface area contributed by atoms with E-state index < -0.39 is 10.0 Å². The van der Waals surface area contributed by atoms with E-state index in [0.717, 1.165) is 27.0 Å². The first-order valence-corrected chi connectivity index (χ1v) is 9.96. The summed E-state index contributed by atoms with van der Waals surface area (Å²) < 4.78 is 31.5. The number of likely N-dealkylation sites (N-methyl/N-ethyl adjacent to an activating group) is 2. The largest absolute Gasteiger partial charge is 0.497 e. The summed E-state index contributed by atoms with van der Waals surface area (Å²) in [6.07, 6.45) is 0. The minimum absolute atomic E-state index is 0.116. The maximum absolute atomic E-state index is 12.4. The molecule has 0 radical (unpaired) electrons. The van der Waals surface area contributed by atoms with E-state index in [0.29, 0.717) is 10.9 Å². The Morgan fingerprint density at radius 2 is 1.80 bits per heavy atom. The molecule has 0 aliphatic heterocycles. The lowest BCUT2D eigenvalue weighted by Gasteiger charge is -2.21. The Balaban J connectivity index is 1.99. The van der Waals surface area contributed by atoms with E-state index in [1.54, 1.807) is 14.2 Å². The zero-order chi connectivity index (χ0) is 18.6. The number of hydrogen-bond donors (Lipinski definition) is 0. The Bertz CT molecular complexity index is 834. The van der Waals surface area contributed by atoms with Crippen LogP contribution in [0.2, 0.25) is 4.34 Å².